The second-order valence-corrected chi connectivity index (χ2v) is 5.01. The van der Waals surface area contributed by atoms with Crippen LogP contribution in [0.25, 0.3) is 0 Å². The molecule has 1 unspecified atom stereocenters. The van der Waals surface area contributed by atoms with Crippen molar-refractivity contribution >= 4 is 11.6 Å². The van der Waals surface area contributed by atoms with E-state index in [1.165, 1.54) is 5.56 Å². The van der Waals surface area contributed by atoms with Crippen molar-refractivity contribution in [2.75, 3.05) is 0 Å². The fourth-order valence-electron chi connectivity index (χ4n) is 1.24. The summed E-state index contributed by atoms with van der Waals surface area (Å²) in [6, 6.07) is 8.22. The van der Waals surface area contributed by atoms with E-state index in [0.717, 1.165) is 5.56 Å². The van der Waals surface area contributed by atoms with Crippen LogP contribution in [0.3, 0.4) is 0 Å². The van der Waals surface area contributed by atoms with Gasteiger partial charge in [0.15, 0.2) is 0 Å². The fourth-order valence-corrected chi connectivity index (χ4v) is 1.47. The van der Waals surface area contributed by atoms with Gasteiger partial charge in [-0.3, -0.25) is 0 Å². The first kappa shape index (κ1) is 13.1. The number of hydrogen-bond acceptors (Lipinski definition) is 1. The summed E-state index contributed by atoms with van der Waals surface area (Å²) in [4.78, 5) is 0. The van der Waals surface area contributed by atoms with E-state index in [0.29, 0.717) is 6.42 Å². The molecule has 2 heteroatoms. The van der Waals surface area contributed by atoms with Crippen LogP contribution >= 0.6 is 11.6 Å². The van der Waals surface area contributed by atoms with Crippen LogP contribution in [0, 0.1) is 18.8 Å². The zero-order valence-corrected chi connectivity index (χ0v) is 10.7. The molecule has 0 saturated heterocycles. The Morgan fingerprint density at radius 3 is 2.38 bits per heavy atom. The maximum atomic E-state index is 9.44. The average molecular weight is 237 g/mol. The summed E-state index contributed by atoms with van der Waals surface area (Å²) in [5.41, 5.74) is 1.42. The van der Waals surface area contributed by atoms with Crippen LogP contribution in [-0.2, 0) is 6.42 Å². The molecule has 0 amide bonds. The van der Waals surface area contributed by atoms with Crippen LogP contribution in [0.1, 0.15) is 25.0 Å². The number of aryl methyl sites for hydroxylation is 1. The largest absolute Gasteiger partial charge is 0.378 e. The maximum absolute atomic E-state index is 9.44. The first-order chi connectivity index (χ1) is 7.37. The van der Waals surface area contributed by atoms with E-state index >= 15 is 0 Å². The minimum absolute atomic E-state index is 0.255. The second-order valence-electron chi connectivity index (χ2n) is 4.49. The quantitative estimate of drug-likeness (QED) is 0.619. The minimum atomic E-state index is -0.972. The summed E-state index contributed by atoms with van der Waals surface area (Å²) in [6.45, 7) is 5.35. The van der Waals surface area contributed by atoms with Crippen LogP contribution in [0.2, 0.25) is 0 Å². The van der Waals surface area contributed by atoms with Crippen LogP contribution in [0.4, 0.5) is 0 Å². The summed E-state index contributed by atoms with van der Waals surface area (Å²) in [6.07, 6.45) is 0.699. The fraction of sp³-hybridized carbons (Fsp3) is 0.429. The van der Waals surface area contributed by atoms with Crippen molar-refractivity contribution in [3.63, 3.8) is 0 Å². The van der Waals surface area contributed by atoms with E-state index in [2.05, 4.69) is 43.0 Å². The van der Waals surface area contributed by atoms with Gasteiger partial charge in [-0.1, -0.05) is 41.7 Å². The van der Waals surface area contributed by atoms with Crippen LogP contribution in [0.15, 0.2) is 24.3 Å². The molecule has 0 saturated carbocycles. The van der Waals surface area contributed by atoms with Crippen molar-refractivity contribution in [2.24, 2.45) is 0 Å². The molecule has 0 heterocycles. The number of rotatable bonds is 2. The van der Waals surface area contributed by atoms with E-state index < -0.39 is 5.60 Å². The van der Waals surface area contributed by atoms with Crippen molar-refractivity contribution < 1.29 is 5.11 Å². The molecule has 1 aromatic carbocycles. The SMILES string of the molecule is Cc1ccc(CC(Cl)C#CC(C)(C)O)cc1. The molecule has 0 bridgehead atoms. The summed E-state index contributed by atoms with van der Waals surface area (Å²) in [5, 5.41) is 9.18. The molecule has 0 aliphatic carbocycles. The number of aliphatic hydroxyl groups is 1. The molecule has 1 N–H and O–H groups in total. The van der Waals surface area contributed by atoms with Crippen molar-refractivity contribution in [3.8, 4) is 11.8 Å². The van der Waals surface area contributed by atoms with E-state index in [1.807, 2.05) is 0 Å². The van der Waals surface area contributed by atoms with Gasteiger partial charge in [0, 0.05) is 0 Å². The number of halogens is 1. The molecule has 16 heavy (non-hydrogen) atoms. The molecular weight excluding hydrogens is 220 g/mol. The zero-order valence-electron chi connectivity index (χ0n) is 9.92. The Hall–Kier alpha value is -0.970. The van der Waals surface area contributed by atoms with Crippen LogP contribution in [-0.4, -0.2) is 16.1 Å². The molecule has 0 aliphatic rings. The Kier molecular flexibility index (Phi) is 4.41. The lowest BCUT2D eigenvalue weighted by Crippen LogP contribution is -2.15. The minimum Gasteiger partial charge on any atom is -0.378 e. The van der Waals surface area contributed by atoms with Crippen molar-refractivity contribution in [3.05, 3.63) is 35.4 Å². The monoisotopic (exact) mass is 236 g/mol. The highest BCUT2D eigenvalue weighted by molar-refractivity contribution is 6.22. The van der Waals surface area contributed by atoms with E-state index in [4.69, 9.17) is 11.6 Å². The lowest BCUT2D eigenvalue weighted by molar-refractivity contribution is 0.143. The third-order valence-corrected chi connectivity index (χ3v) is 2.33. The molecule has 0 aliphatic heterocycles. The van der Waals surface area contributed by atoms with E-state index in [9.17, 15) is 5.11 Å². The Balaban J connectivity index is 2.60. The Morgan fingerprint density at radius 1 is 1.31 bits per heavy atom. The normalized spacial score (nSPS) is 12.8. The first-order valence-electron chi connectivity index (χ1n) is 5.31. The van der Waals surface area contributed by atoms with Crippen LogP contribution < -0.4 is 0 Å². The number of hydrogen-bond donors (Lipinski definition) is 1. The van der Waals surface area contributed by atoms with Gasteiger partial charge in [0.05, 0.1) is 5.38 Å². The molecule has 1 rings (SSSR count). The highest BCUT2D eigenvalue weighted by atomic mass is 35.5. The summed E-state index contributed by atoms with van der Waals surface area (Å²) in [5.74, 6) is 5.58. The standard InChI is InChI=1S/C14H17ClO/c1-11-4-6-12(7-5-11)10-13(15)8-9-14(2,3)16/h4-7,13,16H,10H2,1-3H3. The molecule has 0 spiro atoms. The lowest BCUT2D eigenvalue weighted by Gasteiger charge is -2.08. The molecule has 1 nitrogen and oxygen atoms in total. The third-order valence-electron chi connectivity index (χ3n) is 2.07. The predicted molar refractivity (Wildman–Crippen MR) is 68.6 cm³/mol. The van der Waals surface area contributed by atoms with Crippen molar-refractivity contribution in [2.45, 2.75) is 38.2 Å². The molecule has 0 radical (unpaired) electrons. The third kappa shape index (κ3) is 5.21. The topological polar surface area (TPSA) is 20.2 Å². The van der Waals surface area contributed by atoms with Gasteiger partial charge in [0.25, 0.3) is 0 Å². The van der Waals surface area contributed by atoms with E-state index in [-0.39, 0.29) is 5.38 Å². The molecule has 1 atom stereocenters. The van der Waals surface area contributed by atoms with Gasteiger partial charge in [-0.15, -0.1) is 11.6 Å². The molecule has 0 aromatic heterocycles. The van der Waals surface area contributed by atoms with Gasteiger partial charge in [-0.2, -0.15) is 0 Å². The first-order valence-corrected chi connectivity index (χ1v) is 5.75. The van der Waals surface area contributed by atoms with Crippen LogP contribution in [0.5, 0.6) is 0 Å². The van der Waals surface area contributed by atoms with Gasteiger partial charge < -0.3 is 5.11 Å². The highest BCUT2D eigenvalue weighted by Crippen LogP contribution is 2.09. The molecule has 0 fully saturated rings. The smallest absolute Gasteiger partial charge is 0.120 e. The Labute approximate surface area is 102 Å². The van der Waals surface area contributed by atoms with E-state index in [1.54, 1.807) is 13.8 Å². The molecular formula is C14H17ClO. The van der Waals surface area contributed by atoms with Crippen molar-refractivity contribution in [1.29, 1.82) is 0 Å². The Bertz CT molecular complexity index is 389. The second kappa shape index (κ2) is 5.39. The summed E-state index contributed by atoms with van der Waals surface area (Å²) >= 11 is 6.08. The van der Waals surface area contributed by atoms with Crippen molar-refractivity contribution in [1.82, 2.24) is 0 Å². The summed E-state index contributed by atoms with van der Waals surface area (Å²) < 4.78 is 0. The number of alkyl halides is 1. The molecule has 1 aromatic rings. The van der Waals surface area contributed by atoms with Gasteiger partial charge in [0.2, 0.25) is 0 Å². The average Bonchev–Trinajstić information content (AvgIpc) is 2.18. The summed E-state index contributed by atoms with van der Waals surface area (Å²) in [7, 11) is 0. The highest BCUT2D eigenvalue weighted by Gasteiger charge is 2.08. The molecule has 86 valence electrons. The maximum Gasteiger partial charge on any atom is 0.120 e. The van der Waals surface area contributed by atoms with Gasteiger partial charge in [-0.05, 0) is 32.8 Å². The van der Waals surface area contributed by atoms with Gasteiger partial charge in [0.1, 0.15) is 5.60 Å². The Morgan fingerprint density at radius 2 is 1.88 bits per heavy atom. The lowest BCUT2D eigenvalue weighted by atomic mass is 10.1. The zero-order chi connectivity index (χ0) is 12.2. The number of benzene rings is 1. The van der Waals surface area contributed by atoms with Gasteiger partial charge in [-0.25, -0.2) is 0 Å². The van der Waals surface area contributed by atoms with Gasteiger partial charge >= 0.3 is 0 Å². The predicted octanol–water partition coefficient (Wildman–Crippen LogP) is 2.92.